The SMILES string of the molecule is NCC(N)c1cccc(F)c1C(=O)O. The number of rotatable bonds is 3. The molecule has 0 aliphatic rings. The second-order valence-corrected chi connectivity index (χ2v) is 2.85. The Kier molecular flexibility index (Phi) is 3.16. The predicted molar refractivity (Wildman–Crippen MR) is 49.3 cm³/mol. The van der Waals surface area contributed by atoms with E-state index >= 15 is 0 Å². The third kappa shape index (κ3) is 1.89. The molecule has 0 saturated carbocycles. The zero-order valence-corrected chi connectivity index (χ0v) is 7.40. The molecule has 14 heavy (non-hydrogen) atoms. The maximum absolute atomic E-state index is 13.1. The number of carboxylic acid groups (broad SMARTS) is 1. The van der Waals surface area contributed by atoms with E-state index in [1.165, 1.54) is 12.1 Å². The highest BCUT2D eigenvalue weighted by molar-refractivity contribution is 5.89. The van der Waals surface area contributed by atoms with Crippen LogP contribution in [0.1, 0.15) is 22.0 Å². The molecule has 1 aromatic rings. The molecule has 0 aromatic heterocycles. The van der Waals surface area contributed by atoms with Crippen LogP contribution >= 0.6 is 0 Å². The molecule has 76 valence electrons. The van der Waals surface area contributed by atoms with E-state index in [0.29, 0.717) is 0 Å². The number of hydrogen-bond acceptors (Lipinski definition) is 3. The van der Waals surface area contributed by atoms with Gasteiger partial charge in [-0.1, -0.05) is 12.1 Å². The zero-order chi connectivity index (χ0) is 10.7. The fraction of sp³-hybridized carbons (Fsp3) is 0.222. The van der Waals surface area contributed by atoms with Crippen molar-refractivity contribution < 1.29 is 14.3 Å². The first-order valence-electron chi connectivity index (χ1n) is 4.05. The monoisotopic (exact) mass is 198 g/mol. The van der Waals surface area contributed by atoms with Crippen LogP contribution in [0.15, 0.2) is 18.2 Å². The lowest BCUT2D eigenvalue weighted by Crippen LogP contribution is -2.23. The van der Waals surface area contributed by atoms with Gasteiger partial charge in [0.15, 0.2) is 0 Å². The van der Waals surface area contributed by atoms with Crippen LogP contribution in [0.2, 0.25) is 0 Å². The molecule has 5 N–H and O–H groups in total. The Morgan fingerprint density at radius 3 is 2.71 bits per heavy atom. The Balaban J connectivity index is 3.28. The number of carbonyl (C=O) groups is 1. The van der Waals surface area contributed by atoms with E-state index in [4.69, 9.17) is 16.6 Å². The minimum atomic E-state index is -1.33. The second-order valence-electron chi connectivity index (χ2n) is 2.85. The largest absolute Gasteiger partial charge is 0.478 e. The van der Waals surface area contributed by atoms with Crippen LogP contribution in [0.25, 0.3) is 0 Å². The maximum atomic E-state index is 13.1. The summed E-state index contributed by atoms with van der Waals surface area (Å²) in [7, 11) is 0. The molecule has 0 bridgehead atoms. The van der Waals surface area contributed by atoms with Crippen molar-refractivity contribution in [1.29, 1.82) is 0 Å². The molecule has 0 spiro atoms. The normalized spacial score (nSPS) is 12.5. The predicted octanol–water partition coefficient (Wildman–Crippen LogP) is 0.482. The summed E-state index contributed by atoms with van der Waals surface area (Å²) in [5.74, 6) is -2.12. The first kappa shape index (κ1) is 10.6. The summed E-state index contributed by atoms with van der Waals surface area (Å²) < 4.78 is 13.1. The van der Waals surface area contributed by atoms with Crippen LogP contribution in [0.4, 0.5) is 4.39 Å². The van der Waals surface area contributed by atoms with E-state index in [1.807, 2.05) is 0 Å². The summed E-state index contributed by atoms with van der Waals surface area (Å²) in [4.78, 5) is 10.7. The van der Waals surface area contributed by atoms with Crippen LogP contribution in [0, 0.1) is 5.82 Å². The van der Waals surface area contributed by atoms with E-state index in [2.05, 4.69) is 0 Å². The van der Waals surface area contributed by atoms with E-state index in [0.717, 1.165) is 6.07 Å². The fourth-order valence-electron chi connectivity index (χ4n) is 1.20. The summed E-state index contributed by atoms with van der Waals surface area (Å²) >= 11 is 0. The minimum Gasteiger partial charge on any atom is -0.478 e. The van der Waals surface area contributed by atoms with Crippen molar-refractivity contribution in [1.82, 2.24) is 0 Å². The summed E-state index contributed by atoms with van der Waals surface area (Å²) in [5, 5.41) is 8.75. The van der Waals surface area contributed by atoms with Gasteiger partial charge in [0.1, 0.15) is 5.82 Å². The van der Waals surface area contributed by atoms with Gasteiger partial charge in [-0.3, -0.25) is 0 Å². The molecule has 1 rings (SSSR count). The van der Waals surface area contributed by atoms with Gasteiger partial charge in [0.05, 0.1) is 5.56 Å². The highest BCUT2D eigenvalue weighted by Gasteiger charge is 2.18. The lowest BCUT2D eigenvalue weighted by Gasteiger charge is -2.12. The average Bonchev–Trinajstić information content (AvgIpc) is 2.15. The number of hydrogen-bond donors (Lipinski definition) is 3. The number of benzene rings is 1. The third-order valence-corrected chi connectivity index (χ3v) is 1.91. The van der Waals surface area contributed by atoms with Crippen LogP contribution in [-0.4, -0.2) is 17.6 Å². The van der Waals surface area contributed by atoms with E-state index in [1.54, 1.807) is 0 Å². The topological polar surface area (TPSA) is 89.3 Å². The first-order valence-corrected chi connectivity index (χ1v) is 4.05. The van der Waals surface area contributed by atoms with Crippen molar-refractivity contribution >= 4 is 5.97 Å². The molecule has 0 radical (unpaired) electrons. The highest BCUT2D eigenvalue weighted by Crippen LogP contribution is 2.18. The Bertz CT molecular complexity index is 355. The lowest BCUT2D eigenvalue weighted by molar-refractivity contribution is 0.0690. The molecule has 5 heteroatoms. The van der Waals surface area contributed by atoms with Gasteiger partial charge in [0.25, 0.3) is 0 Å². The number of aromatic carboxylic acids is 1. The fourth-order valence-corrected chi connectivity index (χ4v) is 1.20. The van der Waals surface area contributed by atoms with Gasteiger partial charge in [-0.25, -0.2) is 9.18 Å². The molecular weight excluding hydrogens is 187 g/mol. The molecule has 0 saturated heterocycles. The van der Waals surface area contributed by atoms with Gasteiger partial charge in [0.2, 0.25) is 0 Å². The molecule has 0 heterocycles. The van der Waals surface area contributed by atoms with Crippen molar-refractivity contribution in [3.05, 3.63) is 35.1 Å². The van der Waals surface area contributed by atoms with E-state index in [-0.39, 0.29) is 12.1 Å². The Morgan fingerprint density at radius 1 is 1.57 bits per heavy atom. The van der Waals surface area contributed by atoms with Crippen LogP contribution in [0.3, 0.4) is 0 Å². The Morgan fingerprint density at radius 2 is 2.21 bits per heavy atom. The van der Waals surface area contributed by atoms with Crippen LogP contribution in [-0.2, 0) is 0 Å². The van der Waals surface area contributed by atoms with Crippen molar-refractivity contribution in [2.24, 2.45) is 11.5 Å². The number of halogens is 1. The minimum absolute atomic E-state index is 0.0731. The van der Waals surface area contributed by atoms with Crippen molar-refractivity contribution in [3.8, 4) is 0 Å². The van der Waals surface area contributed by atoms with E-state index < -0.39 is 23.4 Å². The molecule has 0 aliphatic carbocycles. The van der Waals surface area contributed by atoms with Gasteiger partial charge < -0.3 is 16.6 Å². The van der Waals surface area contributed by atoms with Crippen molar-refractivity contribution in [2.45, 2.75) is 6.04 Å². The van der Waals surface area contributed by atoms with E-state index in [9.17, 15) is 9.18 Å². The molecule has 0 fully saturated rings. The number of nitrogens with two attached hydrogens (primary N) is 2. The van der Waals surface area contributed by atoms with Crippen molar-refractivity contribution in [2.75, 3.05) is 6.54 Å². The van der Waals surface area contributed by atoms with Crippen molar-refractivity contribution in [3.63, 3.8) is 0 Å². The molecule has 4 nitrogen and oxygen atoms in total. The smallest absolute Gasteiger partial charge is 0.339 e. The maximum Gasteiger partial charge on any atom is 0.339 e. The standard InChI is InChI=1S/C9H11FN2O2/c10-6-3-1-2-5(7(12)4-11)8(6)9(13)14/h1-3,7H,4,11-12H2,(H,13,14). The first-order chi connectivity index (χ1) is 6.57. The van der Waals surface area contributed by atoms with Crippen LogP contribution in [0.5, 0.6) is 0 Å². The summed E-state index contributed by atoms with van der Waals surface area (Å²) in [6.45, 7) is 0.0731. The molecule has 1 unspecified atom stereocenters. The zero-order valence-electron chi connectivity index (χ0n) is 7.40. The lowest BCUT2D eigenvalue weighted by atomic mass is 10.0. The summed E-state index contributed by atoms with van der Waals surface area (Å²) in [6.07, 6.45) is 0. The molecular formula is C9H11FN2O2. The molecule has 1 atom stereocenters. The summed E-state index contributed by atoms with van der Waals surface area (Å²) in [5.41, 5.74) is 10.7. The number of carboxylic acids is 1. The van der Waals surface area contributed by atoms with Gasteiger partial charge in [0, 0.05) is 12.6 Å². The highest BCUT2D eigenvalue weighted by atomic mass is 19.1. The van der Waals surface area contributed by atoms with Gasteiger partial charge in [-0.15, -0.1) is 0 Å². The molecule has 1 aromatic carbocycles. The Labute approximate surface area is 80.3 Å². The molecule has 0 aliphatic heterocycles. The van der Waals surface area contributed by atoms with Crippen LogP contribution < -0.4 is 11.5 Å². The second kappa shape index (κ2) is 4.17. The average molecular weight is 198 g/mol. The van der Waals surface area contributed by atoms with Gasteiger partial charge in [-0.05, 0) is 11.6 Å². The molecule has 0 amide bonds. The quantitative estimate of drug-likeness (QED) is 0.659. The third-order valence-electron chi connectivity index (χ3n) is 1.91. The summed E-state index contributed by atoms with van der Waals surface area (Å²) in [6, 6.07) is 3.30. The Hall–Kier alpha value is -1.46. The van der Waals surface area contributed by atoms with Gasteiger partial charge in [-0.2, -0.15) is 0 Å². The van der Waals surface area contributed by atoms with Gasteiger partial charge >= 0.3 is 5.97 Å².